The van der Waals surface area contributed by atoms with E-state index in [9.17, 15) is 18.0 Å². The van der Waals surface area contributed by atoms with E-state index in [-0.39, 0.29) is 23.4 Å². The number of amides is 1. The summed E-state index contributed by atoms with van der Waals surface area (Å²) < 4.78 is 41.3. The molecule has 176 valence electrons. The first-order valence-electron chi connectivity index (χ1n) is 10.7. The molecular formula is C25H28F3N3O2. The average molecular weight is 460 g/mol. The number of hydrogen-bond donors (Lipinski definition) is 1. The Morgan fingerprint density at radius 3 is 2.39 bits per heavy atom. The van der Waals surface area contributed by atoms with Crippen LogP contribution in [0.4, 0.5) is 13.2 Å². The number of para-hydroxylation sites is 1. The van der Waals surface area contributed by atoms with Crippen molar-refractivity contribution in [2.24, 2.45) is 16.6 Å². The number of hydrogen-bond acceptors (Lipinski definition) is 4. The number of carbonyl (C=O) groups is 1. The molecule has 0 spiro atoms. The van der Waals surface area contributed by atoms with Crippen LogP contribution in [0.3, 0.4) is 0 Å². The SMILES string of the molecule is CC.CN1C(=O)[C@@H](c2ccc(F)c(C#CC3CC3)c2)N=C1N.Cc1ccccc1OC(F)F. The van der Waals surface area contributed by atoms with Crippen LogP contribution in [0.25, 0.3) is 0 Å². The van der Waals surface area contributed by atoms with Gasteiger partial charge >= 0.3 is 6.61 Å². The van der Waals surface area contributed by atoms with Crippen molar-refractivity contribution < 1.29 is 22.7 Å². The summed E-state index contributed by atoms with van der Waals surface area (Å²) in [5.41, 5.74) is 7.26. The molecule has 1 fully saturated rings. The first-order valence-corrected chi connectivity index (χ1v) is 10.7. The molecule has 1 amide bonds. The van der Waals surface area contributed by atoms with Crippen molar-refractivity contribution in [2.45, 2.75) is 46.3 Å². The predicted molar refractivity (Wildman–Crippen MR) is 122 cm³/mol. The van der Waals surface area contributed by atoms with Crippen molar-refractivity contribution in [2.75, 3.05) is 7.05 Å². The van der Waals surface area contributed by atoms with Gasteiger partial charge in [0.05, 0.1) is 5.56 Å². The maximum absolute atomic E-state index is 13.7. The zero-order valence-corrected chi connectivity index (χ0v) is 19.1. The maximum Gasteiger partial charge on any atom is 0.387 e. The number of ether oxygens (including phenoxy) is 1. The van der Waals surface area contributed by atoms with Crippen molar-refractivity contribution in [3.05, 3.63) is 65.0 Å². The number of alkyl halides is 2. The highest BCUT2D eigenvalue weighted by Gasteiger charge is 2.32. The molecule has 2 N–H and O–H groups in total. The van der Waals surface area contributed by atoms with Gasteiger partial charge in [-0.05, 0) is 49.1 Å². The zero-order chi connectivity index (χ0) is 24.5. The molecule has 1 aliphatic heterocycles. The summed E-state index contributed by atoms with van der Waals surface area (Å²) in [7, 11) is 1.57. The highest BCUT2D eigenvalue weighted by Crippen LogP contribution is 2.29. The number of nitrogens with two attached hydrogens (primary N) is 1. The van der Waals surface area contributed by atoms with Gasteiger partial charge < -0.3 is 10.5 Å². The third-order valence-electron chi connectivity index (χ3n) is 4.77. The third-order valence-corrected chi connectivity index (χ3v) is 4.77. The Morgan fingerprint density at radius 2 is 1.85 bits per heavy atom. The second-order valence-corrected chi connectivity index (χ2v) is 7.21. The van der Waals surface area contributed by atoms with E-state index in [2.05, 4.69) is 21.6 Å². The summed E-state index contributed by atoms with van der Waals surface area (Å²) in [5.74, 6) is 6.08. The van der Waals surface area contributed by atoms with Crippen LogP contribution in [0.1, 0.15) is 49.4 Å². The van der Waals surface area contributed by atoms with E-state index >= 15 is 0 Å². The van der Waals surface area contributed by atoms with Gasteiger partial charge in [0.15, 0.2) is 12.0 Å². The fraction of sp³-hybridized carbons (Fsp3) is 0.360. The van der Waals surface area contributed by atoms with Gasteiger partial charge in [0.25, 0.3) is 5.91 Å². The third kappa shape index (κ3) is 7.28. The quantitative estimate of drug-likeness (QED) is 0.654. The highest BCUT2D eigenvalue weighted by atomic mass is 19.3. The molecule has 0 saturated heterocycles. The molecule has 0 aromatic heterocycles. The van der Waals surface area contributed by atoms with E-state index in [0.29, 0.717) is 22.6 Å². The van der Waals surface area contributed by atoms with Crippen molar-refractivity contribution >= 4 is 11.9 Å². The molecule has 2 aromatic carbocycles. The number of likely N-dealkylation sites (N-methyl/N-ethyl adjacent to an activating group) is 1. The standard InChI is InChI=1S/C15H14FN3O.C8H8F2O.C2H6/c1-19-14(20)13(18-15(19)17)11-6-7-12(16)10(8-11)5-4-9-2-3-9;1-6-4-2-3-5-7(6)11-8(9)10;1-2/h6-9,13H,2-3H2,1H3,(H2,17,18);2-5,8H,1H3;1-2H3/t13-;;/m1../s1. The molecule has 33 heavy (non-hydrogen) atoms. The minimum absolute atomic E-state index is 0.176. The zero-order valence-electron chi connectivity index (χ0n) is 19.1. The Labute approximate surface area is 192 Å². The Balaban J connectivity index is 0.000000252. The lowest BCUT2D eigenvalue weighted by Gasteiger charge is -2.10. The summed E-state index contributed by atoms with van der Waals surface area (Å²) >= 11 is 0. The van der Waals surface area contributed by atoms with Gasteiger partial charge in [0.1, 0.15) is 11.6 Å². The summed E-state index contributed by atoms with van der Waals surface area (Å²) in [6, 6.07) is 10.4. The minimum Gasteiger partial charge on any atom is -0.435 e. The van der Waals surface area contributed by atoms with Gasteiger partial charge in [-0.15, -0.1) is 0 Å². The Hall–Kier alpha value is -3.47. The van der Waals surface area contributed by atoms with E-state index in [0.717, 1.165) is 12.8 Å². The summed E-state index contributed by atoms with van der Waals surface area (Å²) in [5, 5.41) is 0. The molecule has 2 aromatic rings. The van der Waals surface area contributed by atoms with Gasteiger partial charge in [-0.2, -0.15) is 8.78 Å². The van der Waals surface area contributed by atoms with Crippen LogP contribution >= 0.6 is 0 Å². The number of aryl methyl sites for hydroxylation is 1. The smallest absolute Gasteiger partial charge is 0.387 e. The van der Waals surface area contributed by atoms with Crippen molar-refractivity contribution in [1.82, 2.24) is 4.90 Å². The van der Waals surface area contributed by atoms with E-state index < -0.39 is 12.7 Å². The van der Waals surface area contributed by atoms with Gasteiger partial charge in [-0.3, -0.25) is 9.69 Å². The monoisotopic (exact) mass is 459 g/mol. The molecule has 1 atom stereocenters. The Kier molecular flexibility index (Phi) is 9.34. The number of nitrogens with zero attached hydrogens (tertiary/aromatic N) is 2. The second-order valence-electron chi connectivity index (χ2n) is 7.21. The molecule has 0 bridgehead atoms. The molecule has 2 aliphatic rings. The van der Waals surface area contributed by atoms with Gasteiger partial charge in [0, 0.05) is 13.0 Å². The first-order chi connectivity index (χ1) is 15.8. The molecule has 5 nitrogen and oxygen atoms in total. The number of halogens is 3. The molecule has 8 heteroatoms. The van der Waals surface area contributed by atoms with Crippen LogP contribution in [-0.2, 0) is 4.79 Å². The molecule has 0 unspecified atom stereocenters. The minimum atomic E-state index is -2.74. The normalized spacial score (nSPS) is 16.6. The maximum atomic E-state index is 13.7. The predicted octanol–water partition coefficient (Wildman–Crippen LogP) is 5.04. The fourth-order valence-electron chi connectivity index (χ4n) is 2.79. The topological polar surface area (TPSA) is 67.9 Å². The molecule has 1 saturated carbocycles. The average Bonchev–Trinajstić information content (AvgIpc) is 3.59. The van der Waals surface area contributed by atoms with Gasteiger partial charge in [0.2, 0.25) is 0 Å². The van der Waals surface area contributed by atoms with E-state index in [1.165, 1.54) is 17.0 Å². The summed E-state index contributed by atoms with van der Waals surface area (Å²) in [4.78, 5) is 17.4. The Morgan fingerprint density at radius 1 is 1.18 bits per heavy atom. The van der Waals surface area contributed by atoms with Crippen molar-refractivity contribution in [3.8, 4) is 17.6 Å². The lowest BCUT2D eigenvalue weighted by atomic mass is 10.0. The van der Waals surface area contributed by atoms with Crippen molar-refractivity contribution in [1.29, 1.82) is 0 Å². The van der Waals surface area contributed by atoms with E-state index in [1.807, 2.05) is 13.8 Å². The summed E-state index contributed by atoms with van der Waals surface area (Å²) in [6.07, 6.45) is 2.17. The van der Waals surface area contributed by atoms with Crippen LogP contribution in [0.5, 0.6) is 5.75 Å². The number of carbonyl (C=O) groups excluding carboxylic acids is 1. The molecule has 1 aliphatic carbocycles. The lowest BCUT2D eigenvalue weighted by Crippen LogP contribution is -2.34. The van der Waals surface area contributed by atoms with Crippen molar-refractivity contribution in [3.63, 3.8) is 0 Å². The van der Waals surface area contributed by atoms with Crippen LogP contribution in [0, 0.1) is 30.5 Å². The number of guanidine groups is 1. The molecule has 0 radical (unpaired) electrons. The van der Waals surface area contributed by atoms with Crippen LogP contribution < -0.4 is 10.5 Å². The lowest BCUT2D eigenvalue weighted by molar-refractivity contribution is -0.126. The fourth-order valence-corrected chi connectivity index (χ4v) is 2.79. The second kappa shape index (κ2) is 12.0. The number of aliphatic imine (C=N–C) groups is 1. The first kappa shape index (κ1) is 25.8. The van der Waals surface area contributed by atoms with E-state index in [1.54, 1.807) is 44.3 Å². The largest absolute Gasteiger partial charge is 0.435 e. The van der Waals surface area contributed by atoms with E-state index in [4.69, 9.17) is 5.73 Å². The molecule has 4 rings (SSSR count). The van der Waals surface area contributed by atoms with Crippen LogP contribution in [0.15, 0.2) is 47.5 Å². The number of rotatable bonds is 3. The van der Waals surface area contributed by atoms with Gasteiger partial charge in [-0.25, -0.2) is 9.38 Å². The number of benzene rings is 2. The highest BCUT2D eigenvalue weighted by molar-refractivity contribution is 6.04. The Bertz CT molecular complexity index is 1060. The molecule has 1 heterocycles. The van der Waals surface area contributed by atoms with Crippen LogP contribution in [0.2, 0.25) is 0 Å². The summed E-state index contributed by atoms with van der Waals surface area (Å²) in [6.45, 7) is 2.98. The van der Waals surface area contributed by atoms with Gasteiger partial charge in [-0.1, -0.05) is 50.0 Å². The molecular weight excluding hydrogens is 431 g/mol. The van der Waals surface area contributed by atoms with Crippen LogP contribution in [-0.4, -0.2) is 30.4 Å².